The van der Waals surface area contributed by atoms with Gasteiger partial charge in [0.05, 0.1) is 6.10 Å². The zero-order chi connectivity index (χ0) is 13.2. The molecule has 1 aromatic rings. The van der Waals surface area contributed by atoms with E-state index in [-0.39, 0.29) is 11.5 Å². The zero-order valence-electron chi connectivity index (χ0n) is 11.9. The van der Waals surface area contributed by atoms with Crippen LogP contribution in [0.2, 0.25) is 0 Å². The highest BCUT2D eigenvalue weighted by atomic mass is 16.3. The zero-order valence-corrected chi connectivity index (χ0v) is 11.9. The first-order valence-corrected chi connectivity index (χ1v) is 7.30. The Bertz CT molecular complexity index is 394. The van der Waals surface area contributed by atoms with Crippen molar-refractivity contribution in [3.63, 3.8) is 0 Å². The first-order chi connectivity index (χ1) is 8.54. The number of aryl methyl sites for hydroxylation is 1. The summed E-state index contributed by atoms with van der Waals surface area (Å²) < 4.78 is 0. The minimum atomic E-state index is -0.196. The minimum absolute atomic E-state index is 0.0341. The van der Waals surface area contributed by atoms with Crippen molar-refractivity contribution < 1.29 is 5.11 Å². The van der Waals surface area contributed by atoms with E-state index in [2.05, 4.69) is 45.0 Å². The Kier molecular flexibility index (Phi) is 4.11. The van der Waals surface area contributed by atoms with Gasteiger partial charge in [-0.25, -0.2) is 0 Å². The maximum absolute atomic E-state index is 10.5. The number of aliphatic hydroxyl groups excluding tert-OH is 1. The quantitative estimate of drug-likeness (QED) is 0.840. The van der Waals surface area contributed by atoms with E-state index in [1.165, 1.54) is 30.4 Å². The third-order valence-corrected chi connectivity index (χ3v) is 4.81. The van der Waals surface area contributed by atoms with E-state index in [1.807, 2.05) is 0 Å². The van der Waals surface area contributed by atoms with Gasteiger partial charge in [0.2, 0.25) is 0 Å². The number of hydrogen-bond donors (Lipinski definition) is 1. The van der Waals surface area contributed by atoms with Crippen molar-refractivity contribution in [1.82, 2.24) is 0 Å². The summed E-state index contributed by atoms with van der Waals surface area (Å²) in [6.07, 6.45) is 5.45. The molecule has 0 spiro atoms. The normalized spacial score (nSPS) is 21.4. The molecule has 2 atom stereocenters. The standard InChI is InChI=1S/C17H26O/c1-4-17(2,3)16(18)12-14-10-7-9-13-8-5-6-11-15(13)14/h5-6,8,11,14,16,18H,4,7,9-10,12H2,1-3H3. The average molecular weight is 246 g/mol. The Balaban J connectivity index is 2.12. The Morgan fingerprint density at radius 1 is 1.33 bits per heavy atom. The van der Waals surface area contributed by atoms with Crippen LogP contribution in [0.3, 0.4) is 0 Å². The minimum Gasteiger partial charge on any atom is -0.393 e. The van der Waals surface area contributed by atoms with Crippen LogP contribution in [0.5, 0.6) is 0 Å². The maximum atomic E-state index is 10.5. The van der Waals surface area contributed by atoms with Gasteiger partial charge in [0.25, 0.3) is 0 Å². The molecule has 1 N–H and O–H groups in total. The lowest BCUT2D eigenvalue weighted by Crippen LogP contribution is -2.31. The van der Waals surface area contributed by atoms with E-state index in [1.54, 1.807) is 0 Å². The van der Waals surface area contributed by atoms with E-state index in [4.69, 9.17) is 0 Å². The van der Waals surface area contributed by atoms with Crippen LogP contribution in [-0.2, 0) is 6.42 Å². The SMILES string of the molecule is CCC(C)(C)C(O)CC1CCCc2ccccc21. The number of hydrogen-bond acceptors (Lipinski definition) is 1. The predicted molar refractivity (Wildman–Crippen MR) is 76.8 cm³/mol. The topological polar surface area (TPSA) is 20.2 Å². The van der Waals surface area contributed by atoms with Crippen LogP contribution in [0, 0.1) is 5.41 Å². The first kappa shape index (κ1) is 13.6. The summed E-state index contributed by atoms with van der Waals surface area (Å²) in [5.41, 5.74) is 3.01. The molecule has 0 aromatic heterocycles. The van der Waals surface area contributed by atoms with Gasteiger partial charge < -0.3 is 5.11 Å². The molecule has 1 aliphatic carbocycles. The molecule has 2 rings (SSSR count). The molecule has 0 saturated heterocycles. The highest BCUT2D eigenvalue weighted by molar-refractivity contribution is 5.32. The molecule has 1 aromatic carbocycles. The molecular weight excluding hydrogens is 220 g/mol. The van der Waals surface area contributed by atoms with Gasteiger partial charge in [-0.05, 0) is 54.6 Å². The van der Waals surface area contributed by atoms with Gasteiger partial charge in [0.1, 0.15) is 0 Å². The van der Waals surface area contributed by atoms with E-state index in [9.17, 15) is 5.11 Å². The first-order valence-electron chi connectivity index (χ1n) is 7.30. The lowest BCUT2D eigenvalue weighted by atomic mass is 9.74. The van der Waals surface area contributed by atoms with Crippen LogP contribution in [0.15, 0.2) is 24.3 Å². The van der Waals surface area contributed by atoms with Crippen LogP contribution in [0.25, 0.3) is 0 Å². The van der Waals surface area contributed by atoms with Crippen molar-refractivity contribution in [2.45, 2.75) is 64.9 Å². The monoisotopic (exact) mass is 246 g/mol. The lowest BCUT2D eigenvalue weighted by molar-refractivity contribution is 0.0333. The third-order valence-electron chi connectivity index (χ3n) is 4.81. The van der Waals surface area contributed by atoms with Gasteiger partial charge in [-0.1, -0.05) is 45.0 Å². The fraction of sp³-hybridized carbons (Fsp3) is 0.647. The molecule has 1 heteroatoms. The lowest BCUT2D eigenvalue weighted by Gasteiger charge is -2.34. The van der Waals surface area contributed by atoms with E-state index >= 15 is 0 Å². The third kappa shape index (κ3) is 2.77. The summed E-state index contributed by atoms with van der Waals surface area (Å²) in [6.45, 7) is 6.51. The van der Waals surface area contributed by atoms with Crippen LogP contribution in [0.4, 0.5) is 0 Å². The number of fused-ring (bicyclic) bond motifs is 1. The van der Waals surface area contributed by atoms with Gasteiger partial charge >= 0.3 is 0 Å². The van der Waals surface area contributed by atoms with Crippen LogP contribution < -0.4 is 0 Å². The molecule has 0 amide bonds. The average Bonchev–Trinajstić information content (AvgIpc) is 2.39. The second-order valence-electron chi connectivity index (χ2n) is 6.38. The Morgan fingerprint density at radius 3 is 2.78 bits per heavy atom. The van der Waals surface area contributed by atoms with Crippen LogP contribution in [-0.4, -0.2) is 11.2 Å². The molecule has 1 aliphatic rings. The van der Waals surface area contributed by atoms with Gasteiger partial charge in [-0.15, -0.1) is 0 Å². The van der Waals surface area contributed by atoms with Gasteiger partial charge in [-0.2, -0.15) is 0 Å². The summed E-state index contributed by atoms with van der Waals surface area (Å²) in [5.74, 6) is 0.552. The maximum Gasteiger partial charge on any atom is 0.0596 e. The highest BCUT2D eigenvalue weighted by Crippen LogP contribution is 2.38. The summed E-state index contributed by atoms with van der Waals surface area (Å²) >= 11 is 0. The summed E-state index contributed by atoms with van der Waals surface area (Å²) in [6, 6.07) is 8.77. The van der Waals surface area contributed by atoms with E-state index < -0.39 is 0 Å². The van der Waals surface area contributed by atoms with E-state index in [0.717, 1.165) is 12.8 Å². The molecule has 0 aliphatic heterocycles. The molecule has 18 heavy (non-hydrogen) atoms. The molecule has 2 unspecified atom stereocenters. The molecule has 1 nitrogen and oxygen atoms in total. The fourth-order valence-corrected chi connectivity index (χ4v) is 2.92. The van der Waals surface area contributed by atoms with Crippen molar-refractivity contribution in [3.05, 3.63) is 35.4 Å². The molecule has 0 fully saturated rings. The highest BCUT2D eigenvalue weighted by Gasteiger charge is 2.30. The number of aliphatic hydroxyl groups is 1. The number of rotatable bonds is 4. The summed E-state index contributed by atoms with van der Waals surface area (Å²) in [7, 11) is 0. The van der Waals surface area contributed by atoms with E-state index in [0.29, 0.717) is 5.92 Å². The smallest absolute Gasteiger partial charge is 0.0596 e. The molecular formula is C17H26O. The number of benzene rings is 1. The van der Waals surface area contributed by atoms with Crippen molar-refractivity contribution in [3.8, 4) is 0 Å². The van der Waals surface area contributed by atoms with Crippen molar-refractivity contribution in [1.29, 1.82) is 0 Å². The summed E-state index contributed by atoms with van der Waals surface area (Å²) in [5, 5.41) is 10.5. The molecule has 0 radical (unpaired) electrons. The van der Waals surface area contributed by atoms with Crippen molar-refractivity contribution in [2.75, 3.05) is 0 Å². The Labute approximate surface area is 111 Å². The second-order valence-corrected chi connectivity index (χ2v) is 6.38. The predicted octanol–water partition coefficient (Wildman–Crippen LogP) is 4.29. The molecule has 0 bridgehead atoms. The molecule has 0 heterocycles. The van der Waals surface area contributed by atoms with Crippen LogP contribution in [0.1, 0.15) is 63.5 Å². The van der Waals surface area contributed by atoms with Crippen molar-refractivity contribution in [2.24, 2.45) is 5.41 Å². The molecule has 0 saturated carbocycles. The second kappa shape index (κ2) is 5.44. The van der Waals surface area contributed by atoms with Crippen LogP contribution >= 0.6 is 0 Å². The van der Waals surface area contributed by atoms with Gasteiger partial charge in [0, 0.05) is 0 Å². The van der Waals surface area contributed by atoms with Crippen molar-refractivity contribution >= 4 is 0 Å². The summed E-state index contributed by atoms with van der Waals surface area (Å²) in [4.78, 5) is 0. The largest absolute Gasteiger partial charge is 0.393 e. The fourth-order valence-electron chi connectivity index (χ4n) is 2.92. The Morgan fingerprint density at radius 2 is 2.06 bits per heavy atom. The Hall–Kier alpha value is -0.820. The van der Waals surface area contributed by atoms with Gasteiger partial charge in [-0.3, -0.25) is 0 Å². The molecule has 100 valence electrons. The van der Waals surface area contributed by atoms with Gasteiger partial charge in [0.15, 0.2) is 0 Å².